The molecule has 10 nitrogen and oxygen atoms in total. The summed E-state index contributed by atoms with van der Waals surface area (Å²) in [5, 5.41) is 10.8. The number of ether oxygens (including phenoxy) is 1. The molecule has 1 unspecified atom stereocenters. The van der Waals surface area contributed by atoms with Crippen LogP contribution in [0.5, 0.6) is 0 Å². The Hall–Kier alpha value is -3.14. The van der Waals surface area contributed by atoms with Crippen LogP contribution >= 0.6 is 0 Å². The molecular weight excluding hydrogens is 426 g/mol. The molecule has 0 radical (unpaired) electrons. The molecule has 1 rings (SSSR count). The second kappa shape index (κ2) is 14.8. The van der Waals surface area contributed by atoms with Crippen LogP contribution in [0.2, 0.25) is 0 Å². The van der Waals surface area contributed by atoms with Crippen LogP contribution in [0.15, 0.2) is 24.3 Å². The molecule has 0 spiro atoms. The van der Waals surface area contributed by atoms with Crippen molar-refractivity contribution in [2.75, 3.05) is 19.0 Å². The third-order valence-electron chi connectivity index (χ3n) is 4.88. The number of rotatable bonds is 14. The Morgan fingerprint density at radius 2 is 1.70 bits per heavy atom. The smallest absolute Gasteiger partial charge is 0.312 e. The summed E-state index contributed by atoms with van der Waals surface area (Å²) in [5.74, 6) is -1.22. The van der Waals surface area contributed by atoms with Gasteiger partial charge in [0.25, 0.3) is 0 Å². The quantitative estimate of drug-likeness (QED) is 0.266. The highest BCUT2D eigenvalue weighted by Gasteiger charge is 2.28. The van der Waals surface area contributed by atoms with Crippen LogP contribution < -0.4 is 27.0 Å². The summed E-state index contributed by atoms with van der Waals surface area (Å²) in [7, 11) is 1.60. The predicted molar refractivity (Wildman–Crippen MR) is 126 cm³/mol. The van der Waals surface area contributed by atoms with Crippen molar-refractivity contribution in [2.24, 2.45) is 11.7 Å². The van der Waals surface area contributed by atoms with Gasteiger partial charge in [-0.15, -0.1) is 0 Å². The van der Waals surface area contributed by atoms with E-state index in [1.165, 1.54) is 0 Å². The number of hydrogen-bond acceptors (Lipinski definition) is 5. The highest BCUT2D eigenvalue weighted by atomic mass is 16.5. The lowest BCUT2D eigenvalue weighted by Gasteiger charge is -2.25. The summed E-state index contributed by atoms with van der Waals surface area (Å²) in [4.78, 5) is 48.8. The van der Waals surface area contributed by atoms with Crippen molar-refractivity contribution in [3.8, 4) is 0 Å². The Balaban J connectivity index is 2.89. The number of nitrogens with two attached hydrogens (primary N) is 1. The van der Waals surface area contributed by atoms with E-state index in [1.54, 1.807) is 19.2 Å². The fraction of sp³-hybridized carbons (Fsp3) is 0.565. The number of methoxy groups -OCH3 is 1. The molecular formula is C23H37N5O5. The minimum atomic E-state index is -0.866. The number of amides is 5. The van der Waals surface area contributed by atoms with Crippen LogP contribution in [0, 0.1) is 5.92 Å². The summed E-state index contributed by atoms with van der Waals surface area (Å²) in [6.45, 7) is 6.25. The minimum absolute atomic E-state index is 0.167. The maximum Gasteiger partial charge on any atom is 0.312 e. The largest absolute Gasteiger partial charge is 0.380 e. The Morgan fingerprint density at radius 3 is 2.24 bits per heavy atom. The van der Waals surface area contributed by atoms with Crippen molar-refractivity contribution < 1.29 is 23.9 Å². The molecule has 10 heteroatoms. The fourth-order valence-electron chi connectivity index (χ4n) is 3.14. The lowest BCUT2D eigenvalue weighted by molar-refractivity contribution is -0.132. The van der Waals surface area contributed by atoms with Crippen LogP contribution in [-0.2, 0) is 25.7 Å². The number of carbonyl (C=O) groups excluding carboxylic acids is 4. The third-order valence-corrected chi connectivity index (χ3v) is 4.88. The molecule has 0 aliphatic heterocycles. The number of hydrogen-bond donors (Lipinski definition) is 5. The number of carbonyl (C=O) groups is 4. The molecule has 0 fully saturated rings. The molecule has 0 aromatic heterocycles. The molecule has 6 N–H and O–H groups in total. The maximum atomic E-state index is 13.0. The topological polar surface area (TPSA) is 152 Å². The van der Waals surface area contributed by atoms with Crippen molar-refractivity contribution >= 4 is 29.4 Å². The molecule has 5 amide bonds. The molecule has 0 saturated heterocycles. The van der Waals surface area contributed by atoms with E-state index in [2.05, 4.69) is 21.3 Å². The van der Waals surface area contributed by atoms with Gasteiger partial charge >= 0.3 is 6.03 Å². The summed E-state index contributed by atoms with van der Waals surface area (Å²) in [6, 6.07) is 4.88. The summed E-state index contributed by atoms with van der Waals surface area (Å²) in [5.41, 5.74) is 6.62. The van der Waals surface area contributed by atoms with Crippen LogP contribution in [0.1, 0.15) is 52.0 Å². The number of anilines is 1. The van der Waals surface area contributed by atoms with E-state index in [0.29, 0.717) is 31.6 Å². The monoisotopic (exact) mass is 463 g/mol. The molecule has 0 saturated carbocycles. The molecule has 0 aliphatic carbocycles. The van der Waals surface area contributed by atoms with Gasteiger partial charge in [0.1, 0.15) is 12.1 Å². The van der Waals surface area contributed by atoms with Gasteiger partial charge < -0.3 is 31.7 Å². The van der Waals surface area contributed by atoms with Gasteiger partial charge in [-0.05, 0) is 42.9 Å². The lowest BCUT2D eigenvalue weighted by atomic mass is 10.0. The van der Waals surface area contributed by atoms with Crippen LogP contribution in [0.4, 0.5) is 10.5 Å². The number of nitrogens with one attached hydrogen (secondary N) is 4. The summed E-state index contributed by atoms with van der Waals surface area (Å²) < 4.78 is 5.08. The van der Waals surface area contributed by atoms with Gasteiger partial charge in [-0.25, -0.2) is 4.79 Å². The van der Waals surface area contributed by atoms with Crippen molar-refractivity contribution in [3.63, 3.8) is 0 Å². The first-order valence-corrected chi connectivity index (χ1v) is 11.2. The van der Waals surface area contributed by atoms with Crippen LogP contribution in [-0.4, -0.2) is 49.5 Å². The predicted octanol–water partition coefficient (Wildman–Crippen LogP) is 1.65. The second-order valence-electron chi connectivity index (χ2n) is 8.15. The van der Waals surface area contributed by atoms with Crippen LogP contribution in [0.25, 0.3) is 0 Å². The lowest BCUT2D eigenvalue weighted by Crippen LogP contribution is -2.54. The molecule has 2 atom stereocenters. The number of benzene rings is 1. The molecule has 184 valence electrons. The van der Waals surface area contributed by atoms with Gasteiger partial charge in [0, 0.05) is 25.8 Å². The zero-order valence-electron chi connectivity index (χ0n) is 19.9. The zero-order chi connectivity index (χ0) is 24.8. The molecule has 0 bridgehead atoms. The first-order chi connectivity index (χ1) is 15.7. The third kappa shape index (κ3) is 10.8. The molecule has 33 heavy (non-hydrogen) atoms. The molecule has 0 aliphatic rings. The van der Waals surface area contributed by atoms with Crippen molar-refractivity contribution in [3.05, 3.63) is 29.8 Å². The molecule has 1 aromatic carbocycles. The van der Waals surface area contributed by atoms with Gasteiger partial charge in [0.05, 0.1) is 6.61 Å². The van der Waals surface area contributed by atoms with Crippen molar-refractivity contribution in [1.29, 1.82) is 0 Å². The van der Waals surface area contributed by atoms with E-state index in [4.69, 9.17) is 10.5 Å². The highest BCUT2D eigenvalue weighted by molar-refractivity contribution is 5.98. The van der Waals surface area contributed by atoms with Crippen molar-refractivity contribution in [1.82, 2.24) is 16.0 Å². The van der Waals surface area contributed by atoms with Crippen LogP contribution in [0.3, 0.4) is 0 Å². The first kappa shape index (κ1) is 27.9. The van der Waals surface area contributed by atoms with Crippen molar-refractivity contribution in [2.45, 2.75) is 65.1 Å². The number of urea groups is 1. The van der Waals surface area contributed by atoms with E-state index in [1.807, 2.05) is 32.9 Å². The highest BCUT2D eigenvalue weighted by Crippen LogP contribution is 2.12. The first-order valence-electron chi connectivity index (χ1n) is 11.2. The number of primary amides is 1. The van der Waals surface area contributed by atoms with Gasteiger partial charge in [0.15, 0.2) is 0 Å². The summed E-state index contributed by atoms with van der Waals surface area (Å²) in [6.07, 6.45) is 1.67. The van der Waals surface area contributed by atoms with Gasteiger partial charge in [0.2, 0.25) is 17.7 Å². The second-order valence-corrected chi connectivity index (χ2v) is 8.15. The van der Waals surface area contributed by atoms with E-state index in [0.717, 1.165) is 5.56 Å². The van der Waals surface area contributed by atoms with Gasteiger partial charge in [-0.2, -0.15) is 0 Å². The molecule has 0 heterocycles. The zero-order valence-corrected chi connectivity index (χ0v) is 19.9. The average molecular weight is 464 g/mol. The Labute approximate surface area is 195 Å². The molecule has 1 aromatic rings. The minimum Gasteiger partial charge on any atom is -0.380 e. The maximum absolute atomic E-state index is 13.0. The van der Waals surface area contributed by atoms with Gasteiger partial charge in [-0.1, -0.05) is 32.9 Å². The van der Waals surface area contributed by atoms with E-state index < -0.39 is 29.9 Å². The van der Waals surface area contributed by atoms with E-state index in [9.17, 15) is 19.2 Å². The van der Waals surface area contributed by atoms with E-state index in [-0.39, 0.29) is 24.8 Å². The Morgan fingerprint density at radius 1 is 1.03 bits per heavy atom. The Kier molecular flexibility index (Phi) is 12.5. The van der Waals surface area contributed by atoms with E-state index >= 15 is 0 Å². The Bertz CT molecular complexity index is 782. The normalized spacial score (nSPS) is 12.5. The van der Waals surface area contributed by atoms with Gasteiger partial charge in [-0.3, -0.25) is 14.4 Å². The summed E-state index contributed by atoms with van der Waals surface area (Å²) >= 11 is 0. The average Bonchev–Trinajstić information content (AvgIpc) is 2.75. The fourth-order valence-corrected chi connectivity index (χ4v) is 3.14. The SMILES string of the molecule is CCCC(=O)NC(C(=O)N[C@@H](CCCNC(N)=O)C(=O)Nc1ccc(COC)cc1)C(C)C. The standard InChI is InChI=1S/C23H37N5O5/c1-5-7-19(29)28-20(15(2)3)22(31)27-18(8-6-13-25-23(24)32)21(30)26-17-11-9-16(10-12-17)14-33-4/h9-12,15,18,20H,5-8,13-14H2,1-4H3,(H,26,30)(H,27,31)(H,28,29)(H3,24,25,32)/t18-,20?/m0/s1.